The van der Waals surface area contributed by atoms with Crippen LogP contribution in [0.2, 0.25) is 0 Å². The molecule has 4 heteroatoms. The molecule has 0 bridgehead atoms. The Hall–Kier alpha value is -1.39. The van der Waals surface area contributed by atoms with Crippen LogP contribution in [0.15, 0.2) is 24.3 Å². The number of benzene rings is 1. The van der Waals surface area contributed by atoms with Crippen LogP contribution in [-0.2, 0) is 11.3 Å². The fourth-order valence-corrected chi connectivity index (χ4v) is 1.37. The molecule has 0 radical (unpaired) electrons. The van der Waals surface area contributed by atoms with Crippen molar-refractivity contribution in [1.29, 1.82) is 0 Å². The number of hydrogen-bond donors (Lipinski definition) is 2. The van der Waals surface area contributed by atoms with Gasteiger partial charge in [-0.1, -0.05) is 18.2 Å². The van der Waals surface area contributed by atoms with Crippen LogP contribution >= 0.6 is 0 Å². The number of carbonyl (C=O) groups is 1. The van der Waals surface area contributed by atoms with E-state index in [0.717, 1.165) is 17.8 Å². The molecule has 4 nitrogen and oxygen atoms in total. The van der Waals surface area contributed by atoms with Gasteiger partial charge in [-0.15, -0.1) is 0 Å². The van der Waals surface area contributed by atoms with Gasteiger partial charge in [0.25, 0.3) is 0 Å². The summed E-state index contributed by atoms with van der Waals surface area (Å²) in [6.45, 7) is 2.46. The average Bonchev–Trinajstić information content (AvgIpc) is 2.20. The van der Waals surface area contributed by atoms with E-state index in [1.54, 1.807) is 6.92 Å². The van der Waals surface area contributed by atoms with Crippen LogP contribution in [0.3, 0.4) is 0 Å². The highest BCUT2D eigenvalue weighted by atomic mass is 16.2. The molecule has 1 aromatic rings. The minimum atomic E-state index is -0.493. The monoisotopic (exact) mass is 221 g/mol. The van der Waals surface area contributed by atoms with Crippen LogP contribution in [-0.4, -0.2) is 30.9 Å². The molecule has 0 fully saturated rings. The number of nitrogens with one attached hydrogen (secondary N) is 1. The highest BCUT2D eigenvalue weighted by Gasteiger charge is 2.10. The SMILES string of the molecule is C[C@@H](N)C(=O)Nc1ccccc1CN(C)C. The Balaban J connectivity index is 2.82. The molecule has 1 atom stereocenters. The van der Waals surface area contributed by atoms with Gasteiger partial charge in [-0.2, -0.15) is 0 Å². The van der Waals surface area contributed by atoms with Gasteiger partial charge >= 0.3 is 0 Å². The van der Waals surface area contributed by atoms with Crippen molar-refractivity contribution in [3.63, 3.8) is 0 Å². The first-order valence-electron chi connectivity index (χ1n) is 5.30. The van der Waals surface area contributed by atoms with Gasteiger partial charge < -0.3 is 16.0 Å². The fraction of sp³-hybridized carbons (Fsp3) is 0.417. The molecule has 0 aliphatic heterocycles. The number of nitrogens with two attached hydrogens (primary N) is 1. The van der Waals surface area contributed by atoms with Crippen molar-refractivity contribution in [2.75, 3.05) is 19.4 Å². The molecule has 0 saturated heterocycles. The Kier molecular flexibility index (Phi) is 4.46. The van der Waals surface area contributed by atoms with Crippen LogP contribution in [0.25, 0.3) is 0 Å². The molecule has 1 aromatic carbocycles. The van der Waals surface area contributed by atoms with E-state index in [4.69, 9.17) is 5.73 Å². The largest absolute Gasteiger partial charge is 0.324 e. The minimum absolute atomic E-state index is 0.161. The van der Waals surface area contributed by atoms with Gasteiger partial charge in [-0.25, -0.2) is 0 Å². The van der Waals surface area contributed by atoms with E-state index in [-0.39, 0.29) is 5.91 Å². The zero-order chi connectivity index (χ0) is 12.1. The summed E-state index contributed by atoms with van der Waals surface area (Å²) in [5.74, 6) is -0.161. The molecule has 16 heavy (non-hydrogen) atoms. The lowest BCUT2D eigenvalue weighted by Crippen LogP contribution is -2.32. The van der Waals surface area contributed by atoms with Crippen molar-refractivity contribution < 1.29 is 4.79 Å². The van der Waals surface area contributed by atoms with E-state index in [0.29, 0.717) is 0 Å². The maximum atomic E-state index is 11.5. The molecule has 1 rings (SSSR count). The molecular formula is C12H19N3O. The van der Waals surface area contributed by atoms with Crippen LogP contribution < -0.4 is 11.1 Å². The van der Waals surface area contributed by atoms with Gasteiger partial charge in [-0.05, 0) is 32.6 Å². The zero-order valence-electron chi connectivity index (χ0n) is 10.0. The zero-order valence-corrected chi connectivity index (χ0v) is 10.0. The number of carbonyl (C=O) groups excluding carboxylic acids is 1. The second-order valence-electron chi connectivity index (χ2n) is 4.17. The van der Waals surface area contributed by atoms with Crippen LogP contribution in [0, 0.1) is 0 Å². The summed E-state index contributed by atoms with van der Waals surface area (Å²) in [4.78, 5) is 13.6. The van der Waals surface area contributed by atoms with Crippen molar-refractivity contribution in [2.45, 2.75) is 19.5 Å². The van der Waals surface area contributed by atoms with Gasteiger partial charge in [0.05, 0.1) is 6.04 Å². The number of rotatable bonds is 4. The third-order valence-electron chi connectivity index (χ3n) is 2.18. The van der Waals surface area contributed by atoms with Gasteiger partial charge in [-0.3, -0.25) is 4.79 Å². The van der Waals surface area contributed by atoms with Gasteiger partial charge in [0.1, 0.15) is 0 Å². The molecular weight excluding hydrogens is 202 g/mol. The lowest BCUT2D eigenvalue weighted by molar-refractivity contribution is -0.117. The standard InChI is InChI=1S/C12H19N3O/c1-9(13)12(16)14-11-7-5-4-6-10(11)8-15(2)3/h4-7,9H,8,13H2,1-3H3,(H,14,16)/t9-/m1/s1. The molecule has 0 heterocycles. The molecule has 0 aliphatic rings. The first-order valence-corrected chi connectivity index (χ1v) is 5.30. The van der Waals surface area contributed by atoms with Crippen LogP contribution in [0.4, 0.5) is 5.69 Å². The Labute approximate surface area is 96.4 Å². The Morgan fingerprint density at radius 1 is 1.44 bits per heavy atom. The predicted molar refractivity (Wildman–Crippen MR) is 66.1 cm³/mol. The third-order valence-corrected chi connectivity index (χ3v) is 2.18. The number of amides is 1. The summed E-state index contributed by atoms with van der Waals surface area (Å²) < 4.78 is 0. The third kappa shape index (κ3) is 3.64. The molecule has 0 spiro atoms. The lowest BCUT2D eigenvalue weighted by atomic mass is 10.1. The van der Waals surface area contributed by atoms with Crippen molar-refractivity contribution in [3.05, 3.63) is 29.8 Å². The van der Waals surface area contributed by atoms with E-state index in [1.807, 2.05) is 38.4 Å². The second kappa shape index (κ2) is 5.63. The maximum absolute atomic E-state index is 11.5. The van der Waals surface area contributed by atoms with E-state index >= 15 is 0 Å². The summed E-state index contributed by atoms with van der Waals surface area (Å²) in [7, 11) is 3.98. The Bertz CT molecular complexity index is 361. The summed E-state index contributed by atoms with van der Waals surface area (Å²) in [5, 5.41) is 2.82. The molecule has 3 N–H and O–H groups in total. The molecule has 0 aromatic heterocycles. The number of anilines is 1. The number of nitrogens with zero attached hydrogens (tertiary/aromatic N) is 1. The summed E-state index contributed by atoms with van der Waals surface area (Å²) in [6.07, 6.45) is 0. The fourth-order valence-electron chi connectivity index (χ4n) is 1.37. The molecule has 1 amide bonds. The van der Waals surface area contributed by atoms with E-state index in [2.05, 4.69) is 10.2 Å². The lowest BCUT2D eigenvalue weighted by Gasteiger charge is -2.15. The number of para-hydroxylation sites is 1. The summed E-state index contributed by atoms with van der Waals surface area (Å²) in [5.41, 5.74) is 7.43. The Morgan fingerprint density at radius 2 is 2.06 bits per heavy atom. The summed E-state index contributed by atoms with van der Waals surface area (Å²) >= 11 is 0. The van der Waals surface area contributed by atoms with Gasteiger partial charge in [0, 0.05) is 12.2 Å². The van der Waals surface area contributed by atoms with E-state index in [1.165, 1.54) is 0 Å². The normalized spacial score (nSPS) is 12.6. The van der Waals surface area contributed by atoms with Crippen molar-refractivity contribution in [2.24, 2.45) is 5.73 Å². The van der Waals surface area contributed by atoms with Crippen molar-refractivity contribution in [3.8, 4) is 0 Å². The second-order valence-corrected chi connectivity index (χ2v) is 4.17. The quantitative estimate of drug-likeness (QED) is 0.798. The first-order chi connectivity index (χ1) is 7.50. The Morgan fingerprint density at radius 3 is 2.62 bits per heavy atom. The van der Waals surface area contributed by atoms with Crippen LogP contribution in [0.1, 0.15) is 12.5 Å². The van der Waals surface area contributed by atoms with E-state index < -0.39 is 6.04 Å². The molecule has 88 valence electrons. The smallest absolute Gasteiger partial charge is 0.241 e. The predicted octanol–water partition coefficient (Wildman–Crippen LogP) is 1.03. The first kappa shape index (κ1) is 12.7. The highest BCUT2D eigenvalue weighted by molar-refractivity contribution is 5.94. The topological polar surface area (TPSA) is 58.4 Å². The molecule has 0 saturated carbocycles. The number of hydrogen-bond acceptors (Lipinski definition) is 3. The molecule has 0 unspecified atom stereocenters. The van der Waals surface area contributed by atoms with Crippen LogP contribution in [0.5, 0.6) is 0 Å². The van der Waals surface area contributed by atoms with Crippen molar-refractivity contribution >= 4 is 11.6 Å². The van der Waals surface area contributed by atoms with Gasteiger partial charge in [0.15, 0.2) is 0 Å². The van der Waals surface area contributed by atoms with Crippen molar-refractivity contribution in [1.82, 2.24) is 4.90 Å². The molecule has 0 aliphatic carbocycles. The summed E-state index contributed by atoms with van der Waals surface area (Å²) in [6, 6.07) is 7.25. The highest BCUT2D eigenvalue weighted by Crippen LogP contribution is 2.16. The minimum Gasteiger partial charge on any atom is -0.324 e. The van der Waals surface area contributed by atoms with E-state index in [9.17, 15) is 4.79 Å². The maximum Gasteiger partial charge on any atom is 0.241 e. The van der Waals surface area contributed by atoms with Gasteiger partial charge in [0.2, 0.25) is 5.91 Å². The average molecular weight is 221 g/mol.